The number of methoxy groups -OCH3 is 1. The number of benzene rings is 3. The van der Waals surface area contributed by atoms with Gasteiger partial charge in [0, 0.05) is 18.2 Å². The van der Waals surface area contributed by atoms with Gasteiger partial charge in [-0.1, -0.05) is 30.3 Å². The SMILES string of the molecule is COc1cccc(-c2ccc3c(c2)[C@@H]2[C@@H](CCN2S(=O)(=O)c2ccccc2F)[C@H](CO)N3)c1. The number of hydrogen-bond donors (Lipinski definition) is 2. The zero-order valence-electron chi connectivity index (χ0n) is 18.1. The summed E-state index contributed by atoms with van der Waals surface area (Å²) in [6.07, 6.45) is 0.569. The second-order valence-electron chi connectivity index (χ2n) is 8.41. The van der Waals surface area contributed by atoms with Gasteiger partial charge in [-0.15, -0.1) is 0 Å². The molecule has 1 fully saturated rings. The number of sulfonamides is 1. The second-order valence-corrected chi connectivity index (χ2v) is 10.3. The van der Waals surface area contributed by atoms with Gasteiger partial charge in [0.2, 0.25) is 10.0 Å². The number of aliphatic hydroxyl groups excluding tert-OH is 1. The molecule has 172 valence electrons. The maximum absolute atomic E-state index is 14.5. The van der Waals surface area contributed by atoms with Crippen LogP contribution in [0, 0.1) is 11.7 Å². The molecule has 0 aliphatic carbocycles. The Kier molecular flexibility index (Phi) is 5.60. The number of ether oxygens (including phenoxy) is 1. The largest absolute Gasteiger partial charge is 0.497 e. The molecule has 0 saturated carbocycles. The van der Waals surface area contributed by atoms with Crippen LogP contribution in [-0.2, 0) is 10.0 Å². The van der Waals surface area contributed by atoms with E-state index in [1.165, 1.54) is 22.5 Å². The van der Waals surface area contributed by atoms with Gasteiger partial charge in [-0.05, 0) is 59.5 Å². The van der Waals surface area contributed by atoms with Gasteiger partial charge in [-0.3, -0.25) is 0 Å². The molecular weight excluding hydrogens is 443 g/mol. The quantitative estimate of drug-likeness (QED) is 0.591. The van der Waals surface area contributed by atoms with E-state index in [2.05, 4.69) is 5.32 Å². The lowest BCUT2D eigenvalue weighted by molar-refractivity contribution is 0.210. The average molecular weight is 469 g/mol. The first kappa shape index (κ1) is 21.9. The Morgan fingerprint density at radius 1 is 1.09 bits per heavy atom. The molecule has 8 heteroatoms. The molecule has 2 aliphatic heterocycles. The van der Waals surface area contributed by atoms with Gasteiger partial charge in [0.1, 0.15) is 16.5 Å². The fraction of sp³-hybridized carbons (Fsp3) is 0.280. The topological polar surface area (TPSA) is 78.9 Å². The van der Waals surface area contributed by atoms with Crippen LogP contribution >= 0.6 is 0 Å². The van der Waals surface area contributed by atoms with E-state index in [-0.39, 0.29) is 30.0 Å². The van der Waals surface area contributed by atoms with Gasteiger partial charge in [0.05, 0.1) is 25.8 Å². The van der Waals surface area contributed by atoms with Crippen LogP contribution in [0.15, 0.2) is 71.6 Å². The predicted molar refractivity (Wildman–Crippen MR) is 124 cm³/mol. The van der Waals surface area contributed by atoms with Crippen LogP contribution in [0.5, 0.6) is 5.75 Å². The highest BCUT2D eigenvalue weighted by atomic mass is 32.2. The van der Waals surface area contributed by atoms with Crippen molar-refractivity contribution in [1.82, 2.24) is 4.31 Å². The zero-order chi connectivity index (χ0) is 23.2. The van der Waals surface area contributed by atoms with Crippen LogP contribution < -0.4 is 10.1 Å². The third kappa shape index (κ3) is 3.68. The summed E-state index contributed by atoms with van der Waals surface area (Å²) in [5.41, 5.74) is 3.46. The summed E-state index contributed by atoms with van der Waals surface area (Å²) in [6.45, 7) is 0.138. The highest BCUT2D eigenvalue weighted by Gasteiger charge is 2.49. The van der Waals surface area contributed by atoms with Crippen LogP contribution in [0.3, 0.4) is 0 Å². The molecule has 33 heavy (non-hydrogen) atoms. The van der Waals surface area contributed by atoms with Crippen LogP contribution in [0.25, 0.3) is 11.1 Å². The first-order chi connectivity index (χ1) is 15.9. The highest BCUT2D eigenvalue weighted by Crippen LogP contribution is 2.49. The molecule has 0 unspecified atom stereocenters. The van der Waals surface area contributed by atoms with Crippen LogP contribution in [-0.4, -0.2) is 44.1 Å². The number of hydrogen-bond acceptors (Lipinski definition) is 5. The molecule has 2 heterocycles. The number of anilines is 1. The molecule has 0 amide bonds. The minimum Gasteiger partial charge on any atom is -0.497 e. The van der Waals surface area contributed by atoms with E-state index >= 15 is 0 Å². The lowest BCUT2D eigenvalue weighted by Gasteiger charge is -2.39. The van der Waals surface area contributed by atoms with Crippen molar-refractivity contribution in [1.29, 1.82) is 0 Å². The maximum atomic E-state index is 14.5. The summed E-state index contributed by atoms with van der Waals surface area (Å²) in [4.78, 5) is -0.324. The van der Waals surface area contributed by atoms with E-state index in [0.717, 1.165) is 34.2 Å². The smallest absolute Gasteiger partial charge is 0.246 e. The van der Waals surface area contributed by atoms with Crippen molar-refractivity contribution < 1.29 is 22.7 Å². The number of rotatable bonds is 5. The Morgan fingerprint density at radius 2 is 1.88 bits per heavy atom. The monoisotopic (exact) mass is 468 g/mol. The number of nitrogens with one attached hydrogen (secondary N) is 1. The van der Waals surface area contributed by atoms with Gasteiger partial charge < -0.3 is 15.2 Å². The Labute approximate surface area is 192 Å². The molecule has 6 nitrogen and oxygen atoms in total. The molecule has 0 spiro atoms. The molecule has 3 aromatic rings. The number of aliphatic hydroxyl groups is 1. The average Bonchev–Trinajstić information content (AvgIpc) is 3.30. The lowest BCUT2D eigenvalue weighted by atomic mass is 9.82. The summed E-state index contributed by atoms with van der Waals surface area (Å²) in [5.74, 6) is -0.172. The molecular formula is C25H25FN2O4S. The number of nitrogens with zero attached hydrogens (tertiary/aromatic N) is 1. The number of halogens is 1. The van der Waals surface area contributed by atoms with Crippen molar-refractivity contribution in [2.24, 2.45) is 5.92 Å². The summed E-state index contributed by atoms with van der Waals surface area (Å²) in [7, 11) is -2.46. The van der Waals surface area contributed by atoms with Crippen molar-refractivity contribution in [3.8, 4) is 16.9 Å². The number of fused-ring (bicyclic) bond motifs is 3. The van der Waals surface area contributed by atoms with Gasteiger partial charge in [-0.2, -0.15) is 4.31 Å². The predicted octanol–water partition coefficient (Wildman–Crippen LogP) is 4.04. The molecule has 0 aromatic heterocycles. The molecule has 3 atom stereocenters. The molecule has 2 aliphatic rings. The Balaban J connectivity index is 1.62. The van der Waals surface area contributed by atoms with Gasteiger partial charge in [0.15, 0.2) is 0 Å². The molecule has 2 N–H and O–H groups in total. The second kappa shape index (κ2) is 8.44. The van der Waals surface area contributed by atoms with Crippen LogP contribution in [0.4, 0.5) is 10.1 Å². The van der Waals surface area contributed by atoms with E-state index < -0.39 is 21.9 Å². The maximum Gasteiger partial charge on any atom is 0.246 e. The van der Waals surface area contributed by atoms with Crippen LogP contribution in [0.1, 0.15) is 18.0 Å². The molecule has 0 radical (unpaired) electrons. The summed E-state index contributed by atoms with van der Waals surface area (Å²) >= 11 is 0. The minimum atomic E-state index is -4.07. The molecule has 5 rings (SSSR count). The van der Waals surface area contributed by atoms with E-state index in [1.807, 2.05) is 42.5 Å². The normalized spacial score (nSPS) is 22.3. The van der Waals surface area contributed by atoms with E-state index in [9.17, 15) is 17.9 Å². The fourth-order valence-corrected chi connectivity index (χ4v) is 6.78. The Bertz CT molecular complexity index is 1300. The lowest BCUT2D eigenvalue weighted by Crippen LogP contribution is -2.43. The standard InChI is InChI=1S/C25H25FN2O4S/c1-32-18-6-4-5-16(13-18)17-9-10-22-20(14-17)25-19(23(15-29)27-22)11-12-28(25)33(30,31)24-8-3-2-7-21(24)26/h2-10,13-14,19,23,25,27,29H,11-12,15H2,1H3/t19-,23-,25-/m0/s1. The zero-order valence-corrected chi connectivity index (χ0v) is 18.9. The van der Waals surface area contributed by atoms with Gasteiger partial charge >= 0.3 is 0 Å². The van der Waals surface area contributed by atoms with E-state index in [1.54, 1.807) is 7.11 Å². The third-order valence-corrected chi connectivity index (χ3v) is 8.56. The fourth-order valence-electron chi connectivity index (χ4n) is 5.05. The minimum absolute atomic E-state index is 0.119. The highest BCUT2D eigenvalue weighted by molar-refractivity contribution is 7.89. The molecule has 0 bridgehead atoms. The first-order valence-corrected chi connectivity index (χ1v) is 12.3. The van der Waals surface area contributed by atoms with Gasteiger partial charge in [-0.25, -0.2) is 12.8 Å². The van der Waals surface area contributed by atoms with Crippen molar-refractivity contribution >= 4 is 15.7 Å². The molecule has 3 aromatic carbocycles. The summed E-state index contributed by atoms with van der Waals surface area (Å²) < 4.78 is 48.3. The third-order valence-electron chi connectivity index (χ3n) is 6.65. The van der Waals surface area contributed by atoms with Crippen LogP contribution in [0.2, 0.25) is 0 Å². The summed E-state index contributed by atoms with van der Waals surface area (Å²) in [6, 6.07) is 18.2. The van der Waals surface area contributed by atoms with Crippen molar-refractivity contribution in [2.45, 2.75) is 23.4 Å². The van der Waals surface area contributed by atoms with Crippen molar-refractivity contribution in [3.63, 3.8) is 0 Å². The van der Waals surface area contributed by atoms with Crippen molar-refractivity contribution in [2.75, 3.05) is 25.6 Å². The Morgan fingerprint density at radius 3 is 2.64 bits per heavy atom. The van der Waals surface area contributed by atoms with E-state index in [0.29, 0.717) is 6.42 Å². The van der Waals surface area contributed by atoms with Gasteiger partial charge in [0.25, 0.3) is 0 Å². The Hall–Kier alpha value is -2.94. The van der Waals surface area contributed by atoms with E-state index in [4.69, 9.17) is 4.74 Å². The molecule has 1 saturated heterocycles. The first-order valence-electron chi connectivity index (χ1n) is 10.9. The van der Waals surface area contributed by atoms with Crippen molar-refractivity contribution in [3.05, 3.63) is 78.1 Å². The summed E-state index contributed by atoms with van der Waals surface area (Å²) in [5, 5.41) is 13.4.